The highest BCUT2D eigenvalue weighted by Gasteiger charge is 2.28. The van der Waals surface area contributed by atoms with Crippen molar-refractivity contribution in [2.75, 3.05) is 25.4 Å². The summed E-state index contributed by atoms with van der Waals surface area (Å²) in [4.78, 5) is 14.5. The van der Waals surface area contributed by atoms with Crippen LogP contribution in [0.2, 0.25) is 0 Å². The number of benzene rings is 2. The first-order valence-corrected chi connectivity index (χ1v) is 10.8. The second-order valence-corrected chi connectivity index (χ2v) is 7.94. The number of primary amides is 1. The minimum atomic E-state index is -0.608. The second kappa shape index (κ2) is 10.0. The van der Waals surface area contributed by atoms with Gasteiger partial charge in [0.2, 0.25) is 0 Å². The van der Waals surface area contributed by atoms with Gasteiger partial charge >= 0.3 is 0 Å². The fraction of sp³-hybridized carbons (Fsp3) is 0.240. The molecule has 2 aromatic carbocycles. The van der Waals surface area contributed by atoms with E-state index < -0.39 is 5.91 Å². The van der Waals surface area contributed by atoms with E-state index in [0.29, 0.717) is 18.0 Å². The molecule has 1 aromatic heterocycles. The number of hydrogen-bond donors (Lipinski definition) is 2. The molecule has 8 nitrogen and oxygen atoms in total. The number of aromatic nitrogens is 2. The molecule has 1 saturated heterocycles. The van der Waals surface area contributed by atoms with Gasteiger partial charge in [-0.15, -0.1) is 0 Å². The van der Waals surface area contributed by atoms with E-state index in [0.717, 1.165) is 37.2 Å². The largest absolute Gasteiger partial charge is 0.457 e. The fourth-order valence-corrected chi connectivity index (χ4v) is 4.13. The standard InChI is InChI=1S/C25H26N6O2/c26-14-4-5-15-30-16-6-7-19(17-30)31-24(27)22(25(28)32)23(29-31)18-10-12-21(13-11-18)33-20-8-2-1-3-9-20/h1-5,8-13,19H,6-7,15-17,27H2,(H2,28,32). The van der Waals surface area contributed by atoms with Crippen molar-refractivity contribution >= 4 is 11.7 Å². The summed E-state index contributed by atoms with van der Waals surface area (Å²) in [6.07, 6.45) is 5.19. The van der Waals surface area contributed by atoms with E-state index >= 15 is 0 Å². The Hall–Kier alpha value is -4.09. The van der Waals surface area contributed by atoms with Crippen LogP contribution in [0, 0.1) is 11.3 Å². The lowest BCUT2D eigenvalue weighted by Crippen LogP contribution is -2.37. The summed E-state index contributed by atoms with van der Waals surface area (Å²) in [7, 11) is 0. The van der Waals surface area contributed by atoms with Crippen LogP contribution < -0.4 is 16.2 Å². The number of nitrogen functional groups attached to an aromatic ring is 1. The molecule has 3 aromatic rings. The molecule has 168 valence electrons. The maximum absolute atomic E-state index is 12.3. The van der Waals surface area contributed by atoms with Crippen LogP contribution in [0.5, 0.6) is 11.5 Å². The van der Waals surface area contributed by atoms with Crippen LogP contribution in [-0.4, -0.2) is 40.2 Å². The molecule has 0 radical (unpaired) electrons. The van der Waals surface area contributed by atoms with E-state index in [9.17, 15) is 4.79 Å². The minimum Gasteiger partial charge on any atom is -0.457 e. The summed E-state index contributed by atoms with van der Waals surface area (Å²) in [5, 5.41) is 13.4. The molecular formula is C25H26N6O2. The highest BCUT2D eigenvalue weighted by atomic mass is 16.5. The van der Waals surface area contributed by atoms with Crippen LogP contribution in [0.1, 0.15) is 29.2 Å². The average Bonchev–Trinajstić information content (AvgIpc) is 3.18. The van der Waals surface area contributed by atoms with E-state index in [1.54, 1.807) is 4.68 Å². The molecule has 33 heavy (non-hydrogen) atoms. The van der Waals surface area contributed by atoms with Crippen molar-refractivity contribution in [2.45, 2.75) is 18.9 Å². The van der Waals surface area contributed by atoms with Gasteiger partial charge in [-0.1, -0.05) is 24.3 Å². The van der Waals surface area contributed by atoms with Crippen molar-refractivity contribution < 1.29 is 9.53 Å². The number of piperidine rings is 1. The Morgan fingerprint density at radius 1 is 1.18 bits per heavy atom. The number of carbonyl (C=O) groups excluding carboxylic acids is 1. The van der Waals surface area contributed by atoms with Crippen molar-refractivity contribution in [1.82, 2.24) is 14.7 Å². The Morgan fingerprint density at radius 2 is 1.91 bits per heavy atom. The van der Waals surface area contributed by atoms with E-state index in [1.807, 2.05) is 66.7 Å². The summed E-state index contributed by atoms with van der Waals surface area (Å²) in [6.45, 7) is 2.35. The minimum absolute atomic E-state index is 0.0155. The van der Waals surface area contributed by atoms with Gasteiger partial charge in [0, 0.05) is 24.7 Å². The fourth-order valence-electron chi connectivity index (χ4n) is 4.13. The zero-order valence-corrected chi connectivity index (χ0v) is 18.2. The Bertz CT molecular complexity index is 1180. The first-order valence-electron chi connectivity index (χ1n) is 10.8. The number of rotatable bonds is 7. The summed E-state index contributed by atoms with van der Waals surface area (Å²) >= 11 is 0. The summed E-state index contributed by atoms with van der Waals surface area (Å²) in [5.74, 6) is 1.08. The molecule has 4 rings (SSSR count). The van der Waals surface area contributed by atoms with E-state index in [1.165, 1.54) is 6.08 Å². The molecule has 0 aliphatic carbocycles. The molecule has 8 heteroatoms. The first-order chi connectivity index (χ1) is 16.1. The van der Waals surface area contributed by atoms with Crippen LogP contribution in [0.15, 0.2) is 66.7 Å². The predicted octanol–water partition coefficient (Wildman–Crippen LogP) is 3.74. The van der Waals surface area contributed by atoms with Crippen molar-refractivity contribution in [2.24, 2.45) is 5.73 Å². The Kier molecular flexibility index (Phi) is 6.72. The lowest BCUT2D eigenvalue weighted by molar-refractivity contribution is 0.100. The third-order valence-corrected chi connectivity index (χ3v) is 5.68. The van der Waals surface area contributed by atoms with Gasteiger partial charge in [0.05, 0.1) is 12.1 Å². The summed E-state index contributed by atoms with van der Waals surface area (Å²) < 4.78 is 7.58. The van der Waals surface area contributed by atoms with Crippen LogP contribution in [0.25, 0.3) is 11.3 Å². The molecular weight excluding hydrogens is 416 g/mol. The van der Waals surface area contributed by atoms with Gasteiger partial charge in [-0.2, -0.15) is 10.4 Å². The molecule has 1 amide bonds. The summed E-state index contributed by atoms with van der Waals surface area (Å²) in [5.41, 5.74) is 13.5. The molecule has 2 heterocycles. The van der Waals surface area contributed by atoms with Gasteiger partial charge in [0.25, 0.3) is 5.91 Å². The Labute approximate surface area is 192 Å². The van der Waals surface area contributed by atoms with Crippen LogP contribution in [0.3, 0.4) is 0 Å². The van der Waals surface area contributed by atoms with Crippen molar-refractivity contribution in [1.29, 1.82) is 5.26 Å². The number of nitrogens with zero attached hydrogens (tertiary/aromatic N) is 4. The van der Waals surface area contributed by atoms with Crippen LogP contribution in [0.4, 0.5) is 5.82 Å². The molecule has 1 unspecified atom stereocenters. The number of likely N-dealkylation sites (tertiary alicyclic amines) is 1. The average molecular weight is 443 g/mol. The smallest absolute Gasteiger partial charge is 0.254 e. The monoisotopic (exact) mass is 442 g/mol. The van der Waals surface area contributed by atoms with Gasteiger partial charge in [-0.05, 0) is 55.8 Å². The van der Waals surface area contributed by atoms with Crippen molar-refractivity contribution in [3.05, 3.63) is 72.3 Å². The summed E-state index contributed by atoms with van der Waals surface area (Å²) in [6, 6.07) is 18.9. The van der Waals surface area contributed by atoms with Crippen molar-refractivity contribution in [3.63, 3.8) is 0 Å². The van der Waals surface area contributed by atoms with Gasteiger partial charge in [0.15, 0.2) is 0 Å². The van der Waals surface area contributed by atoms with Crippen LogP contribution in [-0.2, 0) is 0 Å². The highest BCUT2D eigenvalue weighted by molar-refractivity contribution is 6.03. The number of hydrogen-bond acceptors (Lipinski definition) is 6. The number of nitriles is 1. The highest BCUT2D eigenvalue weighted by Crippen LogP contribution is 2.33. The lowest BCUT2D eigenvalue weighted by atomic mass is 10.1. The SMILES string of the molecule is N#CC=CCN1CCCC(n2nc(-c3ccc(Oc4ccccc4)cc3)c(C(N)=O)c2N)C1. The molecule has 4 N–H and O–H groups in total. The maximum Gasteiger partial charge on any atom is 0.254 e. The lowest BCUT2D eigenvalue weighted by Gasteiger charge is -2.32. The number of ether oxygens (including phenoxy) is 1. The van der Waals surface area contributed by atoms with E-state index in [-0.39, 0.29) is 17.4 Å². The first kappa shape index (κ1) is 22.1. The predicted molar refractivity (Wildman–Crippen MR) is 127 cm³/mol. The Balaban J connectivity index is 1.59. The topological polar surface area (TPSA) is 123 Å². The van der Waals surface area contributed by atoms with Crippen molar-refractivity contribution in [3.8, 4) is 28.8 Å². The number of allylic oxidation sites excluding steroid dienone is 1. The number of para-hydroxylation sites is 1. The molecule has 0 spiro atoms. The van der Waals surface area contributed by atoms with E-state index in [2.05, 4.69) is 4.90 Å². The zero-order valence-electron chi connectivity index (χ0n) is 18.2. The normalized spacial score (nSPS) is 16.5. The number of nitrogens with two attached hydrogens (primary N) is 2. The van der Waals surface area contributed by atoms with Gasteiger partial charge < -0.3 is 16.2 Å². The van der Waals surface area contributed by atoms with Gasteiger partial charge in [0.1, 0.15) is 28.6 Å². The third-order valence-electron chi connectivity index (χ3n) is 5.68. The molecule has 1 fully saturated rings. The van der Waals surface area contributed by atoms with E-state index in [4.69, 9.17) is 26.6 Å². The Morgan fingerprint density at radius 3 is 2.61 bits per heavy atom. The molecule has 0 saturated carbocycles. The van der Waals surface area contributed by atoms with Crippen LogP contribution >= 0.6 is 0 Å². The third kappa shape index (κ3) is 5.05. The van der Waals surface area contributed by atoms with Gasteiger partial charge in [-0.3, -0.25) is 9.69 Å². The van der Waals surface area contributed by atoms with Gasteiger partial charge in [-0.25, -0.2) is 4.68 Å². The molecule has 1 atom stereocenters. The molecule has 0 bridgehead atoms. The molecule has 1 aliphatic rings. The number of amides is 1. The number of carbonyl (C=O) groups is 1. The second-order valence-electron chi connectivity index (χ2n) is 7.94. The zero-order chi connectivity index (χ0) is 23.2. The number of anilines is 1. The molecule has 1 aliphatic heterocycles. The maximum atomic E-state index is 12.3. The quantitative estimate of drug-likeness (QED) is 0.537.